The molecule has 6 heteroatoms. The molecule has 1 unspecified atom stereocenters. The maximum atomic E-state index is 12.7. The summed E-state index contributed by atoms with van der Waals surface area (Å²) in [6.07, 6.45) is 0.286. The molecule has 0 aliphatic carbocycles. The smallest absolute Gasteiger partial charge is 0.226 e. The van der Waals surface area contributed by atoms with E-state index in [0.29, 0.717) is 15.9 Å². The highest BCUT2D eigenvalue weighted by Gasteiger charge is 2.35. The van der Waals surface area contributed by atoms with E-state index in [1.54, 1.807) is 16.8 Å². The van der Waals surface area contributed by atoms with Crippen molar-refractivity contribution in [2.45, 2.75) is 12.3 Å². The lowest BCUT2D eigenvalue weighted by molar-refractivity contribution is -0.116. The molecule has 0 saturated carbocycles. The van der Waals surface area contributed by atoms with Crippen LogP contribution in [-0.4, -0.2) is 15.7 Å². The van der Waals surface area contributed by atoms with E-state index >= 15 is 0 Å². The molecule has 1 N–H and O–H groups in total. The number of fused-ring (bicyclic) bond motifs is 1. The predicted octanol–water partition coefficient (Wildman–Crippen LogP) is 6.32. The van der Waals surface area contributed by atoms with Crippen molar-refractivity contribution in [1.29, 1.82) is 0 Å². The van der Waals surface area contributed by atoms with Gasteiger partial charge in [0.15, 0.2) is 0 Å². The number of carbonyl (C=O) groups is 1. The van der Waals surface area contributed by atoms with Crippen LogP contribution in [0, 0.1) is 0 Å². The van der Waals surface area contributed by atoms with Crippen molar-refractivity contribution in [2.75, 3.05) is 5.32 Å². The molecule has 1 aromatic heterocycles. The zero-order chi connectivity index (χ0) is 20.7. The summed E-state index contributed by atoms with van der Waals surface area (Å²) < 4.78 is 1.80. The molecule has 148 valence electrons. The number of anilines is 1. The molecule has 0 saturated heterocycles. The Morgan fingerprint density at radius 2 is 1.63 bits per heavy atom. The third-order valence-corrected chi connectivity index (χ3v) is 5.87. The van der Waals surface area contributed by atoms with Crippen LogP contribution in [-0.2, 0) is 4.79 Å². The molecule has 2 heterocycles. The zero-order valence-corrected chi connectivity index (χ0v) is 17.4. The molecule has 0 fully saturated rings. The van der Waals surface area contributed by atoms with Crippen molar-refractivity contribution in [1.82, 2.24) is 9.78 Å². The van der Waals surface area contributed by atoms with Crippen molar-refractivity contribution in [3.63, 3.8) is 0 Å². The van der Waals surface area contributed by atoms with Gasteiger partial charge in [-0.2, -0.15) is 5.10 Å². The van der Waals surface area contributed by atoms with Gasteiger partial charge in [-0.05, 0) is 29.8 Å². The second-order valence-corrected chi connectivity index (χ2v) is 8.04. The van der Waals surface area contributed by atoms with E-state index in [4.69, 9.17) is 28.3 Å². The van der Waals surface area contributed by atoms with E-state index in [9.17, 15) is 4.79 Å². The Morgan fingerprint density at radius 3 is 2.33 bits per heavy atom. The first-order valence-corrected chi connectivity index (χ1v) is 10.4. The SMILES string of the molecule is O=C1CC(c2ccc(Cl)cc2Cl)c2c(-c3ccccc3)nn(-c3ccccc3)c2N1. The molecule has 4 aromatic rings. The number of hydrogen-bond acceptors (Lipinski definition) is 2. The minimum Gasteiger partial charge on any atom is -0.310 e. The average molecular weight is 434 g/mol. The molecule has 5 rings (SSSR count). The standard InChI is InChI=1S/C24H17Cl2N3O/c25-16-11-12-18(20(26)13-16)19-14-21(30)27-24-22(19)23(15-7-3-1-4-8-15)28-29(24)17-9-5-2-6-10-17/h1-13,19H,14H2,(H,27,30). The summed E-state index contributed by atoms with van der Waals surface area (Å²) >= 11 is 12.7. The minimum atomic E-state index is -0.230. The van der Waals surface area contributed by atoms with Crippen LogP contribution < -0.4 is 5.32 Å². The largest absolute Gasteiger partial charge is 0.310 e. The van der Waals surface area contributed by atoms with Gasteiger partial charge in [-0.15, -0.1) is 0 Å². The van der Waals surface area contributed by atoms with Gasteiger partial charge in [0.1, 0.15) is 5.82 Å². The van der Waals surface area contributed by atoms with Gasteiger partial charge >= 0.3 is 0 Å². The van der Waals surface area contributed by atoms with Gasteiger partial charge in [0.25, 0.3) is 0 Å². The number of rotatable bonds is 3. The molecule has 1 atom stereocenters. The Labute approximate surface area is 184 Å². The van der Waals surface area contributed by atoms with Gasteiger partial charge in [-0.3, -0.25) is 4.79 Å². The van der Waals surface area contributed by atoms with Crippen LogP contribution in [0.25, 0.3) is 16.9 Å². The first kappa shape index (κ1) is 18.9. The van der Waals surface area contributed by atoms with Crippen LogP contribution in [0.2, 0.25) is 10.0 Å². The lowest BCUT2D eigenvalue weighted by Gasteiger charge is -2.25. The summed E-state index contributed by atoms with van der Waals surface area (Å²) in [4.78, 5) is 12.7. The number of nitrogens with one attached hydrogen (secondary N) is 1. The summed E-state index contributed by atoms with van der Waals surface area (Å²) in [7, 11) is 0. The molecule has 0 bridgehead atoms. The zero-order valence-electron chi connectivity index (χ0n) is 15.8. The Kier molecular flexibility index (Phi) is 4.81. The van der Waals surface area contributed by atoms with Crippen LogP contribution in [0.4, 0.5) is 5.82 Å². The number of nitrogens with zero attached hydrogens (tertiary/aromatic N) is 2. The number of aromatic nitrogens is 2. The molecule has 4 nitrogen and oxygen atoms in total. The number of hydrogen-bond donors (Lipinski definition) is 1. The van der Waals surface area contributed by atoms with Crippen molar-refractivity contribution in [3.8, 4) is 16.9 Å². The highest BCUT2D eigenvalue weighted by Crippen LogP contribution is 2.45. The van der Waals surface area contributed by atoms with Crippen LogP contribution in [0.5, 0.6) is 0 Å². The molecule has 1 amide bonds. The number of carbonyl (C=O) groups excluding carboxylic acids is 1. The quantitative estimate of drug-likeness (QED) is 0.410. The Bertz CT molecular complexity index is 1240. The number of halogens is 2. The number of benzene rings is 3. The van der Waals surface area contributed by atoms with Gasteiger partial charge in [-0.25, -0.2) is 4.68 Å². The van der Waals surface area contributed by atoms with Gasteiger partial charge < -0.3 is 5.32 Å². The average Bonchev–Trinajstić information content (AvgIpc) is 3.14. The third-order valence-electron chi connectivity index (χ3n) is 5.30. The Hall–Kier alpha value is -3.08. The van der Waals surface area contributed by atoms with E-state index in [1.807, 2.05) is 66.7 Å². The topological polar surface area (TPSA) is 46.9 Å². The van der Waals surface area contributed by atoms with Crippen molar-refractivity contribution >= 4 is 34.9 Å². The van der Waals surface area contributed by atoms with E-state index in [0.717, 1.165) is 28.1 Å². The van der Waals surface area contributed by atoms with Crippen LogP contribution in [0.15, 0.2) is 78.9 Å². The normalized spacial score (nSPS) is 15.5. The predicted molar refractivity (Wildman–Crippen MR) is 121 cm³/mol. The first-order valence-electron chi connectivity index (χ1n) is 9.60. The Balaban J connectivity index is 1.79. The fourth-order valence-electron chi connectivity index (χ4n) is 3.97. The van der Waals surface area contributed by atoms with Crippen molar-refractivity contribution in [3.05, 3.63) is 100 Å². The number of amides is 1. The van der Waals surface area contributed by atoms with Crippen LogP contribution >= 0.6 is 23.2 Å². The molecular weight excluding hydrogens is 417 g/mol. The highest BCUT2D eigenvalue weighted by molar-refractivity contribution is 6.35. The lowest BCUT2D eigenvalue weighted by atomic mass is 9.84. The molecule has 3 aromatic carbocycles. The molecule has 1 aliphatic rings. The molecule has 0 radical (unpaired) electrons. The summed E-state index contributed by atoms with van der Waals surface area (Å²) in [6, 6.07) is 25.2. The summed E-state index contributed by atoms with van der Waals surface area (Å²) in [5, 5.41) is 9.07. The first-order chi connectivity index (χ1) is 14.6. The van der Waals surface area contributed by atoms with E-state index < -0.39 is 0 Å². The van der Waals surface area contributed by atoms with Crippen LogP contribution in [0.1, 0.15) is 23.5 Å². The van der Waals surface area contributed by atoms with Crippen molar-refractivity contribution in [2.24, 2.45) is 0 Å². The van der Waals surface area contributed by atoms with E-state index in [-0.39, 0.29) is 18.2 Å². The molecular formula is C24H17Cl2N3O. The molecule has 0 spiro atoms. The monoisotopic (exact) mass is 433 g/mol. The van der Waals surface area contributed by atoms with E-state index in [1.165, 1.54) is 0 Å². The van der Waals surface area contributed by atoms with Crippen LogP contribution in [0.3, 0.4) is 0 Å². The number of para-hydroxylation sites is 1. The van der Waals surface area contributed by atoms with Crippen molar-refractivity contribution < 1.29 is 4.79 Å². The fourth-order valence-corrected chi connectivity index (χ4v) is 4.51. The second kappa shape index (κ2) is 7.63. The van der Waals surface area contributed by atoms with Gasteiger partial charge in [0, 0.05) is 33.5 Å². The Morgan fingerprint density at radius 1 is 0.933 bits per heavy atom. The van der Waals surface area contributed by atoms with Gasteiger partial charge in [0.2, 0.25) is 5.91 Å². The maximum Gasteiger partial charge on any atom is 0.226 e. The van der Waals surface area contributed by atoms with Gasteiger partial charge in [0.05, 0.1) is 11.4 Å². The molecule has 30 heavy (non-hydrogen) atoms. The summed E-state index contributed by atoms with van der Waals surface area (Å²) in [6.45, 7) is 0. The minimum absolute atomic E-state index is 0.0739. The highest BCUT2D eigenvalue weighted by atomic mass is 35.5. The summed E-state index contributed by atoms with van der Waals surface area (Å²) in [5.41, 5.74) is 4.50. The van der Waals surface area contributed by atoms with Gasteiger partial charge in [-0.1, -0.05) is 77.8 Å². The van der Waals surface area contributed by atoms with E-state index in [2.05, 4.69) is 5.32 Å². The maximum absolute atomic E-state index is 12.7. The fraction of sp³-hybridized carbons (Fsp3) is 0.0833. The second-order valence-electron chi connectivity index (χ2n) is 7.19. The third kappa shape index (κ3) is 3.28. The molecule has 1 aliphatic heterocycles. The summed E-state index contributed by atoms with van der Waals surface area (Å²) in [5.74, 6) is 0.369. The lowest BCUT2D eigenvalue weighted by Crippen LogP contribution is -2.25.